The van der Waals surface area contributed by atoms with Gasteiger partial charge in [0.2, 0.25) is 5.91 Å². The molecule has 0 radical (unpaired) electrons. The molecule has 1 saturated heterocycles. The highest BCUT2D eigenvalue weighted by atomic mass is 35.5. The van der Waals surface area contributed by atoms with Crippen LogP contribution in [0.2, 0.25) is 10.0 Å². The summed E-state index contributed by atoms with van der Waals surface area (Å²) in [7, 11) is 0. The molecule has 1 saturated carbocycles. The third-order valence-electron chi connectivity index (χ3n) is 6.10. The van der Waals surface area contributed by atoms with Crippen LogP contribution < -0.4 is 10.6 Å². The number of urea groups is 1. The number of nitrogens with one attached hydrogen (secondary N) is 2. The first kappa shape index (κ1) is 21.9. The molecular weight excluding hydrogens is 413 g/mol. The van der Waals surface area contributed by atoms with Gasteiger partial charge in [-0.1, -0.05) is 50.0 Å². The van der Waals surface area contributed by atoms with E-state index >= 15 is 0 Å². The summed E-state index contributed by atoms with van der Waals surface area (Å²) in [5, 5.41) is 6.52. The normalized spacial score (nSPS) is 24.7. The zero-order valence-corrected chi connectivity index (χ0v) is 18.5. The number of benzene rings is 1. The van der Waals surface area contributed by atoms with Crippen molar-refractivity contribution in [3.05, 3.63) is 33.8 Å². The van der Waals surface area contributed by atoms with Crippen LogP contribution in [0.25, 0.3) is 0 Å². The molecule has 29 heavy (non-hydrogen) atoms. The van der Waals surface area contributed by atoms with Gasteiger partial charge < -0.3 is 10.6 Å². The Labute approximate surface area is 181 Å². The molecule has 1 heterocycles. The Kier molecular flexibility index (Phi) is 6.16. The average Bonchev–Trinajstić information content (AvgIpc) is 2.85. The van der Waals surface area contributed by atoms with E-state index in [9.17, 15) is 14.4 Å². The summed E-state index contributed by atoms with van der Waals surface area (Å²) in [6, 6.07) is 4.51. The smallest absolute Gasteiger partial charge is 0.325 e. The van der Waals surface area contributed by atoms with E-state index in [0.29, 0.717) is 34.4 Å². The summed E-state index contributed by atoms with van der Waals surface area (Å²) in [5.74, 6) is -0.200. The highest BCUT2D eigenvalue weighted by molar-refractivity contribution is 6.35. The first-order valence-corrected chi connectivity index (χ1v) is 10.6. The lowest BCUT2D eigenvalue weighted by molar-refractivity contribution is -0.136. The van der Waals surface area contributed by atoms with Crippen LogP contribution in [0.15, 0.2) is 18.2 Å². The minimum absolute atomic E-state index is 0.176. The summed E-state index contributed by atoms with van der Waals surface area (Å²) >= 11 is 12.0. The van der Waals surface area contributed by atoms with Crippen molar-refractivity contribution in [1.82, 2.24) is 15.5 Å². The first-order valence-electron chi connectivity index (χ1n) is 9.86. The van der Waals surface area contributed by atoms with Crippen LogP contribution in [0.5, 0.6) is 0 Å². The van der Waals surface area contributed by atoms with Gasteiger partial charge >= 0.3 is 6.03 Å². The second-order valence-corrected chi connectivity index (χ2v) is 9.90. The molecule has 3 rings (SSSR count). The number of rotatable bonds is 4. The second-order valence-electron chi connectivity index (χ2n) is 9.06. The zero-order valence-electron chi connectivity index (χ0n) is 17.0. The summed E-state index contributed by atoms with van der Waals surface area (Å²) in [6.07, 6.45) is 2.98. The summed E-state index contributed by atoms with van der Waals surface area (Å²) in [5.41, 5.74) is 0.0209. The predicted octanol–water partition coefficient (Wildman–Crippen LogP) is 4.14. The Morgan fingerprint density at radius 1 is 1.24 bits per heavy atom. The molecule has 2 aliphatic rings. The van der Waals surface area contributed by atoms with Gasteiger partial charge in [-0.25, -0.2) is 4.79 Å². The van der Waals surface area contributed by atoms with Gasteiger partial charge in [0.1, 0.15) is 12.1 Å². The highest BCUT2D eigenvalue weighted by Gasteiger charge is 2.53. The highest BCUT2D eigenvalue weighted by Crippen LogP contribution is 2.43. The molecule has 0 bridgehead atoms. The van der Waals surface area contributed by atoms with Crippen molar-refractivity contribution in [2.24, 2.45) is 11.3 Å². The standard InChI is InChI=1S/C21H27Cl2N3O3/c1-20(2,3)14-6-8-21(9-7-14)18(28)26(19(29)25-21)12-17(27)24-11-13-4-5-15(22)10-16(13)23/h4-5,10,14H,6-9,11-12H2,1-3H3,(H,24,27)(H,25,29). The molecule has 1 aliphatic heterocycles. The third-order valence-corrected chi connectivity index (χ3v) is 6.69. The summed E-state index contributed by atoms with van der Waals surface area (Å²) in [6.45, 7) is 6.49. The lowest BCUT2D eigenvalue weighted by atomic mass is 9.67. The molecule has 1 spiro atoms. The van der Waals surface area contributed by atoms with Crippen LogP contribution in [0, 0.1) is 11.3 Å². The summed E-state index contributed by atoms with van der Waals surface area (Å²) < 4.78 is 0. The molecule has 6 nitrogen and oxygen atoms in total. The molecule has 1 aromatic carbocycles. The number of amides is 4. The van der Waals surface area contributed by atoms with E-state index in [4.69, 9.17) is 23.2 Å². The van der Waals surface area contributed by atoms with Gasteiger partial charge in [-0.05, 0) is 54.7 Å². The minimum atomic E-state index is -0.862. The van der Waals surface area contributed by atoms with Crippen LogP contribution in [-0.2, 0) is 16.1 Å². The minimum Gasteiger partial charge on any atom is -0.350 e. The van der Waals surface area contributed by atoms with Crippen molar-refractivity contribution in [1.29, 1.82) is 0 Å². The van der Waals surface area contributed by atoms with Crippen molar-refractivity contribution < 1.29 is 14.4 Å². The van der Waals surface area contributed by atoms with E-state index in [-0.39, 0.29) is 24.4 Å². The Bertz CT molecular complexity index is 827. The van der Waals surface area contributed by atoms with Crippen molar-refractivity contribution in [3.8, 4) is 0 Å². The molecule has 2 fully saturated rings. The van der Waals surface area contributed by atoms with E-state index in [1.165, 1.54) is 0 Å². The fourth-order valence-electron chi connectivity index (χ4n) is 4.19. The van der Waals surface area contributed by atoms with E-state index in [1.54, 1.807) is 18.2 Å². The molecule has 1 aromatic rings. The lowest BCUT2D eigenvalue weighted by Gasteiger charge is -2.40. The number of carbonyl (C=O) groups excluding carboxylic acids is 3. The average molecular weight is 440 g/mol. The largest absolute Gasteiger partial charge is 0.350 e. The molecule has 0 aromatic heterocycles. The maximum absolute atomic E-state index is 13.0. The topological polar surface area (TPSA) is 78.5 Å². The van der Waals surface area contributed by atoms with E-state index in [2.05, 4.69) is 31.4 Å². The van der Waals surface area contributed by atoms with Crippen molar-refractivity contribution >= 4 is 41.0 Å². The van der Waals surface area contributed by atoms with Gasteiger partial charge in [0.05, 0.1) is 0 Å². The van der Waals surface area contributed by atoms with Crippen LogP contribution >= 0.6 is 23.2 Å². The number of imide groups is 1. The quantitative estimate of drug-likeness (QED) is 0.691. The maximum Gasteiger partial charge on any atom is 0.325 e. The Balaban J connectivity index is 1.58. The maximum atomic E-state index is 13.0. The van der Waals surface area contributed by atoms with Crippen LogP contribution in [0.4, 0.5) is 4.79 Å². The number of hydrogen-bond donors (Lipinski definition) is 2. The molecular formula is C21H27Cl2N3O3. The molecule has 4 amide bonds. The molecule has 1 aliphatic carbocycles. The van der Waals surface area contributed by atoms with Gasteiger partial charge in [0.25, 0.3) is 5.91 Å². The van der Waals surface area contributed by atoms with Crippen LogP contribution in [0.1, 0.15) is 52.0 Å². The first-order chi connectivity index (χ1) is 13.5. The van der Waals surface area contributed by atoms with Crippen molar-refractivity contribution in [2.45, 2.75) is 58.5 Å². The van der Waals surface area contributed by atoms with Gasteiger partial charge in [0, 0.05) is 16.6 Å². The number of nitrogens with zero attached hydrogens (tertiary/aromatic N) is 1. The Morgan fingerprint density at radius 3 is 2.48 bits per heavy atom. The molecule has 2 N–H and O–H groups in total. The van der Waals surface area contributed by atoms with E-state index in [1.807, 2.05) is 0 Å². The third kappa shape index (κ3) is 4.69. The van der Waals surface area contributed by atoms with Crippen LogP contribution in [-0.4, -0.2) is 34.8 Å². The van der Waals surface area contributed by atoms with Crippen molar-refractivity contribution in [3.63, 3.8) is 0 Å². The van der Waals surface area contributed by atoms with Crippen LogP contribution in [0.3, 0.4) is 0 Å². The molecule has 0 unspecified atom stereocenters. The van der Waals surface area contributed by atoms with E-state index < -0.39 is 17.5 Å². The fraction of sp³-hybridized carbons (Fsp3) is 0.571. The second kappa shape index (κ2) is 8.15. The predicted molar refractivity (Wildman–Crippen MR) is 113 cm³/mol. The SMILES string of the molecule is CC(C)(C)C1CCC2(CC1)NC(=O)N(CC(=O)NCc1ccc(Cl)cc1Cl)C2=O. The van der Waals surface area contributed by atoms with Gasteiger partial charge in [-0.15, -0.1) is 0 Å². The number of halogens is 2. The zero-order chi connectivity index (χ0) is 21.4. The lowest BCUT2D eigenvalue weighted by Crippen LogP contribution is -2.51. The Hall–Kier alpha value is -1.79. The van der Waals surface area contributed by atoms with E-state index in [0.717, 1.165) is 17.7 Å². The molecule has 0 atom stereocenters. The Morgan fingerprint density at radius 2 is 1.90 bits per heavy atom. The van der Waals surface area contributed by atoms with Gasteiger partial charge in [-0.3, -0.25) is 14.5 Å². The van der Waals surface area contributed by atoms with Crippen molar-refractivity contribution in [2.75, 3.05) is 6.54 Å². The van der Waals surface area contributed by atoms with Gasteiger partial charge in [-0.2, -0.15) is 0 Å². The summed E-state index contributed by atoms with van der Waals surface area (Å²) in [4.78, 5) is 38.8. The number of carbonyl (C=O) groups is 3. The number of hydrogen-bond acceptors (Lipinski definition) is 3. The van der Waals surface area contributed by atoms with Gasteiger partial charge in [0.15, 0.2) is 0 Å². The molecule has 8 heteroatoms. The fourth-order valence-corrected chi connectivity index (χ4v) is 4.67. The monoisotopic (exact) mass is 439 g/mol. The molecule has 158 valence electrons.